The van der Waals surface area contributed by atoms with E-state index in [1.165, 1.54) is 11.8 Å². The quantitative estimate of drug-likeness (QED) is 0.459. The smallest absolute Gasteiger partial charge is 0.270 e. The molecule has 2 aromatic rings. The summed E-state index contributed by atoms with van der Waals surface area (Å²) in [6, 6.07) is 13.4. The van der Waals surface area contributed by atoms with Gasteiger partial charge in [0.25, 0.3) is 5.91 Å². The summed E-state index contributed by atoms with van der Waals surface area (Å²) >= 11 is 6.78. The number of methoxy groups -OCH3 is 2. The van der Waals surface area contributed by atoms with Crippen LogP contribution in [0.1, 0.15) is 19.4 Å². The zero-order valence-electron chi connectivity index (χ0n) is 17.0. The lowest BCUT2D eigenvalue weighted by molar-refractivity contribution is -0.113. The van der Waals surface area contributed by atoms with Crippen molar-refractivity contribution in [1.82, 2.24) is 0 Å². The van der Waals surface area contributed by atoms with Crippen LogP contribution in [0.2, 0.25) is 0 Å². The number of carbonyl (C=O) groups is 1. The number of carbonyl (C=O) groups excluding carboxylic acids is 1. The highest BCUT2D eigenvalue weighted by Crippen LogP contribution is 2.38. The van der Waals surface area contributed by atoms with Gasteiger partial charge in [0.1, 0.15) is 11.5 Å². The molecule has 0 aliphatic carbocycles. The van der Waals surface area contributed by atoms with Crippen LogP contribution in [-0.4, -0.2) is 37.5 Å². The molecule has 1 amide bonds. The van der Waals surface area contributed by atoms with Crippen molar-refractivity contribution in [3.8, 4) is 11.5 Å². The Morgan fingerprint density at radius 3 is 2.34 bits per heavy atom. The van der Waals surface area contributed by atoms with Gasteiger partial charge in [-0.3, -0.25) is 9.69 Å². The molecule has 1 heterocycles. The largest absolute Gasteiger partial charge is 0.497 e. The molecule has 0 saturated carbocycles. The second kappa shape index (κ2) is 9.33. The summed E-state index contributed by atoms with van der Waals surface area (Å²) in [5.41, 5.74) is 2.70. The Hall–Kier alpha value is -2.51. The van der Waals surface area contributed by atoms with Crippen LogP contribution >= 0.6 is 24.0 Å². The number of ether oxygens (including phenoxy) is 2. The van der Waals surface area contributed by atoms with Crippen LogP contribution in [0.3, 0.4) is 0 Å². The van der Waals surface area contributed by atoms with Gasteiger partial charge in [-0.15, -0.1) is 0 Å². The number of amides is 1. The van der Waals surface area contributed by atoms with Crippen molar-refractivity contribution >= 4 is 51.7 Å². The first kappa shape index (κ1) is 21.2. The van der Waals surface area contributed by atoms with Crippen molar-refractivity contribution in [3.05, 3.63) is 52.9 Å². The lowest BCUT2D eigenvalue weighted by Gasteiger charge is -2.22. The molecule has 0 radical (unpaired) electrons. The Morgan fingerprint density at radius 2 is 1.76 bits per heavy atom. The number of hydrogen-bond donors (Lipinski definition) is 0. The van der Waals surface area contributed by atoms with Gasteiger partial charge < -0.3 is 14.4 Å². The molecule has 1 saturated heterocycles. The number of thiocarbonyl (C=S) groups is 1. The molecule has 7 heteroatoms. The molecule has 152 valence electrons. The monoisotopic (exact) mass is 428 g/mol. The van der Waals surface area contributed by atoms with E-state index in [-0.39, 0.29) is 5.91 Å². The first-order valence-electron chi connectivity index (χ1n) is 9.37. The van der Waals surface area contributed by atoms with Gasteiger partial charge in [0, 0.05) is 30.4 Å². The molecule has 0 atom stereocenters. The summed E-state index contributed by atoms with van der Waals surface area (Å²) in [4.78, 5) is 17.4. The predicted molar refractivity (Wildman–Crippen MR) is 125 cm³/mol. The molecule has 0 N–H and O–H groups in total. The van der Waals surface area contributed by atoms with Crippen LogP contribution in [0.15, 0.2) is 47.4 Å². The standard InChI is InChI=1S/C22H24N2O3S2/c1-5-23(6-2)16-8-10-17(11-9-16)24-21(25)20(29-22(24)28)13-15-7-12-18(26-3)14-19(15)27-4/h7-14H,5-6H2,1-4H3/b20-13-. The fourth-order valence-electron chi connectivity index (χ4n) is 3.17. The molecular weight excluding hydrogens is 404 g/mol. The molecule has 1 aliphatic heterocycles. The Balaban J connectivity index is 1.87. The summed E-state index contributed by atoms with van der Waals surface area (Å²) in [5.74, 6) is 1.20. The van der Waals surface area contributed by atoms with Crippen molar-refractivity contribution in [3.63, 3.8) is 0 Å². The van der Waals surface area contributed by atoms with Crippen molar-refractivity contribution in [2.75, 3.05) is 37.1 Å². The molecule has 0 unspecified atom stereocenters. The van der Waals surface area contributed by atoms with E-state index in [1.807, 2.05) is 42.5 Å². The van der Waals surface area contributed by atoms with E-state index in [1.54, 1.807) is 25.2 Å². The Morgan fingerprint density at radius 1 is 1.07 bits per heavy atom. The SMILES string of the molecule is CCN(CC)c1ccc(N2C(=O)/C(=C/c3ccc(OC)cc3OC)SC2=S)cc1. The molecule has 2 aromatic carbocycles. The number of anilines is 2. The minimum atomic E-state index is -0.131. The van der Waals surface area contributed by atoms with Crippen molar-refractivity contribution in [2.24, 2.45) is 0 Å². The first-order chi connectivity index (χ1) is 14.0. The van der Waals surface area contributed by atoms with E-state index in [9.17, 15) is 4.79 Å². The highest BCUT2D eigenvalue weighted by Gasteiger charge is 2.33. The predicted octanol–water partition coefficient (Wildman–Crippen LogP) is 4.96. The lowest BCUT2D eigenvalue weighted by Crippen LogP contribution is -2.27. The third kappa shape index (κ3) is 4.41. The summed E-state index contributed by atoms with van der Waals surface area (Å²) in [6.07, 6.45) is 1.81. The maximum Gasteiger partial charge on any atom is 0.270 e. The summed E-state index contributed by atoms with van der Waals surface area (Å²) < 4.78 is 11.2. The number of thioether (sulfide) groups is 1. The molecule has 1 fully saturated rings. The second-order valence-electron chi connectivity index (χ2n) is 6.31. The number of hydrogen-bond acceptors (Lipinski definition) is 6. The van der Waals surface area contributed by atoms with Gasteiger partial charge in [0.05, 0.1) is 24.8 Å². The molecule has 0 aromatic heterocycles. The Kier molecular flexibility index (Phi) is 6.82. The molecule has 0 spiro atoms. The lowest BCUT2D eigenvalue weighted by atomic mass is 10.1. The average molecular weight is 429 g/mol. The van der Waals surface area contributed by atoms with Gasteiger partial charge in [-0.1, -0.05) is 24.0 Å². The van der Waals surface area contributed by atoms with E-state index in [2.05, 4.69) is 18.7 Å². The molecule has 1 aliphatic rings. The van der Waals surface area contributed by atoms with Gasteiger partial charge in [0.15, 0.2) is 4.32 Å². The maximum absolute atomic E-state index is 13.0. The summed E-state index contributed by atoms with van der Waals surface area (Å²) in [7, 11) is 3.19. The Bertz CT molecular complexity index is 938. The van der Waals surface area contributed by atoms with Gasteiger partial charge in [0.2, 0.25) is 0 Å². The maximum atomic E-state index is 13.0. The van der Waals surface area contributed by atoms with Gasteiger partial charge >= 0.3 is 0 Å². The number of benzene rings is 2. The topological polar surface area (TPSA) is 42.0 Å². The van der Waals surface area contributed by atoms with Crippen LogP contribution in [0.25, 0.3) is 6.08 Å². The van der Waals surface area contributed by atoms with Crippen LogP contribution in [0.5, 0.6) is 11.5 Å². The Labute approximate surface area is 181 Å². The fraction of sp³-hybridized carbons (Fsp3) is 0.273. The average Bonchev–Trinajstić information content (AvgIpc) is 3.02. The highest BCUT2D eigenvalue weighted by atomic mass is 32.2. The van der Waals surface area contributed by atoms with E-state index in [0.29, 0.717) is 20.7 Å². The van der Waals surface area contributed by atoms with Crippen LogP contribution in [0, 0.1) is 0 Å². The molecular formula is C22H24N2O3S2. The zero-order chi connectivity index (χ0) is 21.0. The number of rotatable bonds is 7. The minimum Gasteiger partial charge on any atom is -0.497 e. The molecule has 0 bridgehead atoms. The van der Waals surface area contributed by atoms with Crippen molar-refractivity contribution in [2.45, 2.75) is 13.8 Å². The summed E-state index contributed by atoms with van der Waals surface area (Å²) in [5, 5.41) is 0. The number of nitrogens with zero attached hydrogens (tertiary/aromatic N) is 2. The van der Waals surface area contributed by atoms with E-state index in [0.717, 1.165) is 30.0 Å². The third-order valence-corrected chi connectivity index (χ3v) is 6.06. The van der Waals surface area contributed by atoms with Gasteiger partial charge in [-0.25, -0.2) is 0 Å². The molecule has 3 rings (SSSR count). The minimum absolute atomic E-state index is 0.131. The fourth-order valence-corrected chi connectivity index (χ4v) is 4.46. The third-order valence-electron chi connectivity index (χ3n) is 4.76. The van der Waals surface area contributed by atoms with Crippen LogP contribution in [-0.2, 0) is 4.79 Å². The van der Waals surface area contributed by atoms with E-state index < -0.39 is 0 Å². The molecule has 29 heavy (non-hydrogen) atoms. The highest BCUT2D eigenvalue weighted by molar-refractivity contribution is 8.27. The van der Waals surface area contributed by atoms with E-state index in [4.69, 9.17) is 21.7 Å². The summed E-state index contributed by atoms with van der Waals surface area (Å²) in [6.45, 7) is 6.11. The first-order valence-corrected chi connectivity index (χ1v) is 10.6. The second-order valence-corrected chi connectivity index (χ2v) is 7.99. The van der Waals surface area contributed by atoms with Gasteiger partial charge in [-0.2, -0.15) is 0 Å². The van der Waals surface area contributed by atoms with Crippen LogP contribution < -0.4 is 19.3 Å². The van der Waals surface area contributed by atoms with Crippen molar-refractivity contribution < 1.29 is 14.3 Å². The normalized spacial score (nSPS) is 15.2. The molecule has 5 nitrogen and oxygen atoms in total. The van der Waals surface area contributed by atoms with Gasteiger partial charge in [-0.05, 0) is 56.3 Å². The van der Waals surface area contributed by atoms with Crippen LogP contribution in [0.4, 0.5) is 11.4 Å². The van der Waals surface area contributed by atoms with Crippen molar-refractivity contribution in [1.29, 1.82) is 0 Å². The zero-order valence-corrected chi connectivity index (χ0v) is 18.6. The van der Waals surface area contributed by atoms with E-state index >= 15 is 0 Å².